The topological polar surface area (TPSA) is 9.23 Å². The van der Waals surface area contributed by atoms with Gasteiger partial charge in [-0.05, 0) is 0 Å². The van der Waals surface area contributed by atoms with Gasteiger partial charge < -0.3 is 24.8 Å². The molecule has 0 aliphatic carbocycles. The molecule has 0 bridgehead atoms. The van der Waals surface area contributed by atoms with Gasteiger partial charge in [0.25, 0.3) is 0 Å². The number of hydrogen-bond acceptors (Lipinski definition) is 1. The minimum atomic E-state index is -2.54. The van der Waals surface area contributed by atoms with Crippen LogP contribution in [0.1, 0.15) is 0 Å². The molecule has 0 fully saturated rings. The molecule has 92 valence electrons. The maximum Gasteiger partial charge on any atom is -1.00 e. The Morgan fingerprint density at radius 2 is 1.11 bits per heavy atom. The van der Waals surface area contributed by atoms with Gasteiger partial charge in [0.15, 0.2) is 0 Å². The van der Waals surface area contributed by atoms with Gasteiger partial charge in [0.2, 0.25) is 0 Å². The summed E-state index contributed by atoms with van der Waals surface area (Å²) in [5, 5.41) is 2.11. The van der Waals surface area contributed by atoms with E-state index in [-0.39, 0.29) is 24.8 Å². The summed E-state index contributed by atoms with van der Waals surface area (Å²) in [5.41, 5.74) is 0. The zero-order valence-electron chi connectivity index (χ0n) is 9.39. The van der Waals surface area contributed by atoms with Gasteiger partial charge in [-0.2, -0.15) is 0 Å². The Balaban J connectivity index is 0.00000144. The second-order valence-electron chi connectivity index (χ2n) is 3.45. The first-order chi connectivity index (χ1) is 7.77. The molecular formula is C12H10AlCl3OSi. The summed E-state index contributed by atoms with van der Waals surface area (Å²) in [6.07, 6.45) is 0. The van der Waals surface area contributed by atoms with Crippen molar-refractivity contribution in [3.63, 3.8) is 0 Å². The molecule has 0 amide bonds. The molecule has 1 nitrogen and oxygen atoms in total. The number of hydrogen-bond donors (Lipinski definition) is 0. The molecule has 6 heteroatoms. The van der Waals surface area contributed by atoms with Gasteiger partial charge in [-0.3, -0.25) is 0 Å². The minimum absolute atomic E-state index is 0. The van der Waals surface area contributed by atoms with Crippen molar-refractivity contribution < 1.29 is 28.3 Å². The maximum absolute atomic E-state index is 6.67. The monoisotopic (exact) mass is 330 g/mol. The van der Waals surface area contributed by atoms with Crippen LogP contribution in [0.4, 0.5) is 0 Å². The van der Waals surface area contributed by atoms with Crippen molar-refractivity contribution in [2.24, 2.45) is 0 Å². The Kier molecular flexibility index (Phi) is 8.25. The van der Waals surface area contributed by atoms with E-state index in [0.29, 0.717) is 0 Å². The van der Waals surface area contributed by atoms with E-state index in [1.807, 2.05) is 60.7 Å². The first-order valence-corrected chi connectivity index (χ1v) is 8.34. The van der Waals surface area contributed by atoms with Gasteiger partial charge in [0, 0.05) is 0 Å². The largest absolute Gasteiger partial charge is 1.00 e. The first kappa shape index (κ1) is 18.0. The van der Waals surface area contributed by atoms with Gasteiger partial charge in [-0.25, -0.2) is 0 Å². The van der Waals surface area contributed by atoms with Crippen molar-refractivity contribution in [2.75, 3.05) is 0 Å². The summed E-state index contributed by atoms with van der Waals surface area (Å²) in [6, 6.07) is 19.9. The van der Waals surface area contributed by atoms with E-state index < -0.39 is 7.63 Å². The molecule has 0 radical (unpaired) electrons. The molecule has 0 N–H and O–H groups in total. The molecule has 0 atom stereocenters. The van der Waals surface area contributed by atoms with Gasteiger partial charge in [0.05, 0.1) is 0 Å². The van der Waals surface area contributed by atoms with Gasteiger partial charge in [0.1, 0.15) is 0 Å². The predicted octanol–water partition coefficient (Wildman–Crippen LogP) is -4.41. The maximum atomic E-state index is 6.67. The molecule has 0 aliphatic rings. The van der Waals surface area contributed by atoms with E-state index in [1.165, 1.54) is 0 Å². The molecule has 2 aromatic carbocycles. The summed E-state index contributed by atoms with van der Waals surface area (Å²) in [7, 11) is -2.54. The smallest absolute Gasteiger partial charge is 1.00 e. The molecule has 0 aliphatic heterocycles. The summed E-state index contributed by atoms with van der Waals surface area (Å²) < 4.78 is 5.53. The Bertz CT molecular complexity index is 416. The summed E-state index contributed by atoms with van der Waals surface area (Å²) in [4.78, 5) is 0. The molecule has 0 heterocycles. The SMILES string of the molecule is [Al+2][O][Si](Cl)(c1ccccc1)c1ccccc1.[Cl-].[Cl-]. The van der Waals surface area contributed by atoms with Crippen LogP contribution in [0.25, 0.3) is 0 Å². The van der Waals surface area contributed by atoms with Crippen LogP contribution in [0, 0.1) is 0 Å². The standard InChI is InChI=1S/C12H10ClOSi.Al.2ClH/c13-15(14,11-7-3-1-4-8-11)12-9-5-2-6-10-12;;;/h1-10H;;2*1H/q-1;+3;;/p-2. The summed E-state index contributed by atoms with van der Waals surface area (Å²) in [6.45, 7) is 0. The second kappa shape index (κ2) is 8.24. The van der Waals surface area contributed by atoms with Crippen LogP contribution in [0.15, 0.2) is 60.7 Å². The fraction of sp³-hybridized carbons (Fsp3) is 0. The average Bonchev–Trinajstić information content (AvgIpc) is 2.40. The Morgan fingerprint density at radius 1 is 0.778 bits per heavy atom. The molecule has 2 aromatic rings. The zero-order chi connectivity index (χ0) is 11.4. The van der Waals surface area contributed by atoms with E-state index in [2.05, 4.69) is 16.6 Å². The van der Waals surface area contributed by atoms with E-state index in [4.69, 9.17) is 14.6 Å². The first-order valence-electron chi connectivity index (χ1n) is 4.95. The fourth-order valence-electron chi connectivity index (χ4n) is 1.61. The Hall–Kier alpha value is 0.0194. The summed E-state index contributed by atoms with van der Waals surface area (Å²) in [5.74, 6) is 0. The zero-order valence-corrected chi connectivity index (χ0v) is 13.8. The number of halogens is 3. The molecular weight excluding hydrogens is 322 g/mol. The number of benzene rings is 2. The third-order valence-corrected chi connectivity index (χ3v) is 8.01. The fourth-order valence-corrected chi connectivity index (χ4v) is 5.03. The second-order valence-corrected chi connectivity index (χ2v) is 8.33. The van der Waals surface area contributed by atoms with Crippen molar-refractivity contribution >= 4 is 45.7 Å². The molecule has 0 spiro atoms. The van der Waals surface area contributed by atoms with Crippen molar-refractivity contribution in [2.45, 2.75) is 0 Å². The van der Waals surface area contributed by atoms with Crippen molar-refractivity contribution in [1.29, 1.82) is 0 Å². The predicted molar refractivity (Wildman–Crippen MR) is 70.6 cm³/mol. The van der Waals surface area contributed by atoms with Crippen LogP contribution in [0.5, 0.6) is 0 Å². The Morgan fingerprint density at radius 3 is 1.39 bits per heavy atom. The molecule has 0 saturated carbocycles. The van der Waals surface area contributed by atoms with Crippen molar-refractivity contribution in [3.05, 3.63) is 60.7 Å². The Labute approximate surface area is 134 Å². The molecule has 0 saturated heterocycles. The third kappa shape index (κ3) is 3.76. The van der Waals surface area contributed by atoms with Crippen LogP contribution in [0.2, 0.25) is 0 Å². The molecule has 2 rings (SSSR count). The van der Waals surface area contributed by atoms with E-state index in [0.717, 1.165) is 10.4 Å². The molecule has 0 unspecified atom stereocenters. The minimum Gasteiger partial charge on any atom is -1.00 e. The van der Waals surface area contributed by atoms with Gasteiger partial charge in [-0.1, -0.05) is 0 Å². The van der Waals surface area contributed by atoms with Crippen molar-refractivity contribution in [1.82, 2.24) is 0 Å². The van der Waals surface area contributed by atoms with Gasteiger partial charge >= 0.3 is 110 Å². The van der Waals surface area contributed by atoms with Crippen LogP contribution in [0.3, 0.4) is 0 Å². The van der Waals surface area contributed by atoms with E-state index >= 15 is 0 Å². The van der Waals surface area contributed by atoms with E-state index in [9.17, 15) is 0 Å². The average molecular weight is 332 g/mol. The van der Waals surface area contributed by atoms with Crippen LogP contribution in [-0.4, -0.2) is 24.3 Å². The molecule has 18 heavy (non-hydrogen) atoms. The normalized spacial score (nSPS) is 10.2. The van der Waals surface area contributed by atoms with Gasteiger partial charge in [-0.15, -0.1) is 0 Å². The molecule has 0 aromatic heterocycles. The van der Waals surface area contributed by atoms with Crippen LogP contribution >= 0.6 is 11.1 Å². The number of rotatable bonds is 3. The summed E-state index contributed by atoms with van der Waals surface area (Å²) >= 11 is 8.97. The van der Waals surface area contributed by atoms with Crippen LogP contribution in [-0.2, 0) is 3.48 Å². The quantitative estimate of drug-likeness (QED) is 0.408. The van der Waals surface area contributed by atoms with Crippen LogP contribution < -0.4 is 35.2 Å². The third-order valence-electron chi connectivity index (χ3n) is 2.45. The van der Waals surface area contributed by atoms with E-state index in [1.54, 1.807) is 0 Å². The van der Waals surface area contributed by atoms with Crippen molar-refractivity contribution in [3.8, 4) is 0 Å².